The first kappa shape index (κ1) is 15.5. The molecule has 4 heteroatoms. The molecule has 0 saturated heterocycles. The third kappa shape index (κ3) is 4.90. The summed E-state index contributed by atoms with van der Waals surface area (Å²) < 4.78 is 12.8. The Balaban J connectivity index is 2.76. The average molecular weight is 460 g/mol. The summed E-state index contributed by atoms with van der Waals surface area (Å²) in [5, 5.41) is 0. The van der Waals surface area contributed by atoms with Gasteiger partial charge in [0, 0.05) is 15.0 Å². The molecule has 0 aromatic heterocycles. The molecule has 0 fully saturated rings. The number of hydrogen-bond acceptors (Lipinski definition) is 2. The zero-order chi connectivity index (χ0) is 12.8. The first-order valence-electron chi connectivity index (χ1n) is 5.67. The van der Waals surface area contributed by atoms with Gasteiger partial charge in [-0.05, 0) is 38.0 Å². The van der Waals surface area contributed by atoms with Gasteiger partial charge >= 0.3 is 0 Å². The van der Waals surface area contributed by atoms with Gasteiger partial charge in [-0.2, -0.15) is 0 Å². The van der Waals surface area contributed by atoms with Crippen molar-refractivity contribution < 1.29 is 9.47 Å². The number of ether oxygens (including phenoxy) is 2. The second-order valence-corrected chi connectivity index (χ2v) is 6.17. The summed E-state index contributed by atoms with van der Waals surface area (Å²) in [6, 6.07) is 6.37. The van der Waals surface area contributed by atoms with Gasteiger partial charge in [-0.3, -0.25) is 0 Å². The summed E-state index contributed by atoms with van der Waals surface area (Å²) in [5.74, 6) is 0.909. The number of rotatable bonds is 6. The van der Waals surface area contributed by atoms with E-state index in [1.54, 1.807) is 0 Å². The molecular weight excluding hydrogens is 442 g/mol. The summed E-state index contributed by atoms with van der Waals surface area (Å²) >= 11 is 4.88. The van der Waals surface area contributed by atoms with E-state index in [1.807, 2.05) is 19.9 Å². The molecule has 0 spiro atoms. The first-order chi connectivity index (χ1) is 8.08. The Hall–Kier alpha value is 0.440. The lowest BCUT2D eigenvalue weighted by Crippen LogP contribution is -2.16. The van der Waals surface area contributed by atoms with Gasteiger partial charge in [0.2, 0.25) is 0 Å². The van der Waals surface area contributed by atoms with Crippen LogP contribution in [0.5, 0.6) is 5.75 Å². The molecule has 0 N–H and O–H groups in total. The number of aryl methyl sites for hydroxylation is 1. The van der Waals surface area contributed by atoms with E-state index in [0.29, 0.717) is 10.5 Å². The Morgan fingerprint density at radius 2 is 2.06 bits per heavy atom. The van der Waals surface area contributed by atoms with Crippen LogP contribution < -0.4 is 4.74 Å². The van der Waals surface area contributed by atoms with Crippen LogP contribution in [-0.2, 0) is 4.74 Å². The Kier molecular flexibility index (Phi) is 7.10. The van der Waals surface area contributed by atoms with Crippen molar-refractivity contribution in [3.63, 3.8) is 0 Å². The monoisotopic (exact) mass is 460 g/mol. The fraction of sp³-hybridized carbons (Fsp3) is 0.538. The minimum Gasteiger partial charge on any atom is -0.465 e. The molecule has 0 amide bonds. The summed E-state index contributed by atoms with van der Waals surface area (Å²) in [4.78, 5) is 0. The first-order valence-corrected chi connectivity index (χ1v) is 8.44. The normalized spacial score (nSPS) is 14.4. The van der Waals surface area contributed by atoms with Crippen molar-refractivity contribution >= 4 is 45.2 Å². The molecule has 0 heterocycles. The molecule has 1 aromatic rings. The van der Waals surface area contributed by atoms with Crippen LogP contribution in [0.15, 0.2) is 18.2 Å². The Morgan fingerprint density at radius 1 is 1.35 bits per heavy atom. The molecule has 0 saturated carbocycles. The molecule has 0 aliphatic carbocycles. The number of alkyl halides is 2. The topological polar surface area (TPSA) is 18.5 Å². The SMILES string of the molecule is CCOC(C)Oc1ccc(C(I)CI)cc1C. The van der Waals surface area contributed by atoms with Crippen molar-refractivity contribution in [2.75, 3.05) is 11.0 Å². The Morgan fingerprint density at radius 3 is 2.59 bits per heavy atom. The summed E-state index contributed by atoms with van der Waals surface area (Å²) in [6.45, 7) is 6.64. The van der Waals surface area contributed by atoms with Crippen LogP contribution in [0.3, 0.4) is 0 Å². The van der Waals surface area contributed by atoms with Crippen molar-refractivity contribution in [2.45, 2.75) is 31.0 Å². The lowest BCUT2D eigenvalue weighted by molar-refractivity contribution is -0.0616. The minimum atomic E-state index is -0.190. The molecule has 0 aliphatic heterocycles. The predicted octanol–water partition coefficient (Wildman–Crippen LogP) is 4.67. The molecule has 0 radical (unpaired) electrons. The Bertz CT molecular complexity index is 355. The predicted molar refractivity (Wildman–Crippen MR) is 88.5 cm³/mol. The molecule has 1 rings (SSSR count). The van der Waals surface area contributed by atoms with Gasteiger partial charge in [-0.25, -0.2) is 0 Å². The number of benzene rings is 1. The highest BCUT2D eigenvalue weighted by Gasteiger charge is 2.10. The van der Waals surface area contributed by atoms with Crippen LogP contribution in [0.25, 0.3) is 0 Å². The van der Waals surface area contributed by atoms with Gasteiger partial charge in [0.1, 0.15) is 5.75 Å². The quantitative estimate of drug-likeness (QED) is 0.349. The van der Waals surface area contributed by atoms with Crippen LogP contribution in [0.1, 0.15) is 28.9 Å². The summed E-state index contributed by atoms with van der Waals surface area (Å²) in [6.07, 6.45) is -0.190. The molecule has 0 bridgehead atoms. The van der Waals surface area contributed by atoms with Crippen LogP contribution in [0.4, 0.5) is 0 Å². The van der Waals surface area contributed by atoms with Crippen LogP contribution in [0, 0.1) is 6.92 Å². The number of hydrogen-bond donors (Lipinski definition) is 0. The van der Waals surface area contributed by atoms with Crippen molar-refractivity contribution in [3.05, 3.63) is 29.3 Å². The molecule has 0 aliphatic rings. The third-order valence-electron chi connectivity index (χ3n) is 2.39. The molecular formula is C13H18I2O2. The maximum absolute atomic E-state index is 5.73. The van der Waals surface area contributed by atoms with E-state index in [1.165, 1.54) is 11.1 Å². The average Bonchev–Trinajstić information content (AvgIpc) is 2.31. The molecule has 1 aromatic carbocycles. The fourth-order valence-electron chi connectivity index (χ4n) is 1.54. The second-order valence-electron chi connectivity index (χ2n) is 3.79. The highest BCUT2D eigenvalue weighted by Crippen LogP contribution is 2.29. The van der Waals surface area contributed by atoms with Gasteiger partial charge in [-0.15, -0.1) is 0 Å². The van der Waals surface area contributed by atoms with Gasteiger partial charge in [0.05, 0.1) is 0 Å². The van der Waals surface area contributed by atoms with Crippen molar-refractivity contribution in [2.24, 2.45) is 0 Å². The zero-order valence-corrected chi connectivity index (χ0v) is 14.7. The Labute approximate surface area is 131 Å². The molecule has 17 heavy (non-hydrogen) atoms. The summed E-state index contributed by atoms with van der Waals surface area (Å²) in [5.41, 5.74) is 2.52. The van der Waals surface area contributed by atoms with Gasteiger partial charge < -0.3 is 9.47 Å². The van der Waals surface area contributed by atoms with E-state index in [4.69, 9.17) is 9.47 Å². The maximum atomic E-state index is 5.73. The molecule has 96 valence electrons. The standard InChI is InChI=1S/C13H18I2O2/c1-4-16-10(3)17-13-6-5-11(7-9(13)2)12(15)8-14/h5-7,10,12H,4,8H2,1-3H3. The fourth-order valence-corrected chi connectivity index (χ4v) is 2.43. The molecule has 2 unspecified atom stereocenters. The second kappa shape index (κ2) is 7.78. The summed E-state index contributed by atoms with van der Waals surface area (Å²) in [7, 11) is 0. The van der Waals surface area contributed by atoms with Crippen LogP contribution >= 0.6 is 45.2 Å². The third-order valence-corrected chi connectivity index (χ3v) is 6.12. The molecule has 2 nitrogen and oxygen atoms in total. The van der Waals surface area contributed by atoms with Crippen LogP contribution in [0.2, 0.25) is 0 Å². The lowest BCUT2D eigenvalue weighted by atomic mass is 10.1. The van der Waals surface area contributed by atoms with Gasteiger partial charge in [0.25, 0.3) is 0 Å². The van der Waals surface area contributed by atoms with Crippen molar-refractivity contribution in [3.8, 4) is 5.75 Å². The van der Waals surface area contributed by atoms with Gasteiger partial charge in [-0.1, -0.05) is 57.3 Å². The van der Waals surface area contributed by atoms with Gasteiger partial charge in [0.15, 0.2) is 6.29 Å². The smallest absolute Gasteiger partial charge is 0.196 e. The van der Waals surface area contributed by atoms with E-state index >= 15 is 0 Å². The number of halogens is 2. The van der Waals surface area contributed by atoms with E-state index in [9.17, 15) is 0 Å². The van der Waals surface area contributed by atoms with E-state index in [0.717, 1.165) is 10.2 Å². The minimum absolute atomic E-state index is 0.190. The maximum Gasteiger partial charge on any atom is 0.196 e. The molecule has 2 atom stereocenters. The van der Waals surface area contributed by atoms with E-state index in [2.05, 4.69) is 64.2 Å². The highest BCUT2D eigenvalue weighted by atomic mass is 127. The van der Waals surface area contributed by atoms with E-state index < -0.39 is 0 Å². The lowest BCUT2D eigenvalue weighted by Gasteiger charge is -2.17. The van der Waals surface area contributed by atoms with Crippen molar-refractivity contribution in [1.82, 2.24) is 0 Å². The van der Waals surface area contributed by atoms with Crippen molar-refractivity contribution in [1.29, 1.82) is 0 Å². The largest absolute Gasteiger partial charge is 0.465 e. The zero-order valence-electron chi connectivity index (χ0n) is 10.4. The van der Waals surface area contributed by atoms with Crippen LogP contribution in [-0.4, -0.2) is 17.3 Å². The highest BCUT2D eigenvalue weighted by molar-refractivity contribution is 14.1. The van der Waals surface area contributed by atoms with E-state index in [-0.39, 0.29) is 6.29 Å².